The molecule has 96 valence electrons. The van der Waals surface area contributed by atoms with E-state index < -0.39 is 5.97 Å². The number of carboxylic acid groups (broad SMARTS) is 1. The molecule has 0 aromatic heterocycles. The standard InChI is InChI=1S/C12H20N2O3/c1-13(10-4-5-10)12(17)14-6-2-3-9(8-14)7-11(15)16/h9-10H,2-8H2,1H3,(H,15,16). The lowest BCUT2D eigenvalue weighted by molar-refractivity contribution is -0.138. The highest BCUT2D eigenvalue weighted by Gasteiger charge is 2.34. The lowest BCUT2D eigenvalue weighted by atomic mass is 9.95. The van der Waals surface area contributed by atoms with Crippen molar-refractivity contribution < 1.29 is 14.7 Å². The Hall–Kier alpha value is -1.26. The van der Waals surface area contributed by atoms with Gasteiger partial charge in [0.25, 0.3) is 0 Å². The Morgan fingerprint density at radius 3 is 2.65 bits per heavy atom. The maximum atomic E-state index is 12.1. The van der Waals surface area contributed by atoms with Crippen molar-refractivity contribution in [1.29, 1.82) is 0 Å². The van der Waals surface area contributed by atoms with Gasteiger partial charge in [-0.25, -0.2) is 4.79 Å². The van der Waals surface area contributed by atoms with Crippen LogP contribution in [0.15, 0.2) is 0 Å². The number of nitrogens with zero attached hydrogens (tertiary/aromatic N) is 2. The highest BCUT2D eigenvalue weighted by Crippen LogP contribution is 2.28. The first-order valence-corrected chi connectivity index (χ1v) is 6.31. The van der Waals surface area contributed by atoms with Crippen LogP contribution >= 0.6 is 0 Å². The fraction of sp³-hybridized carbons (Fsp3) is 0.833. The summed E-state index contributed by atoms with van der Waals surface area (Å²) in [6.07, 6.45) is 4.23. The van der Waals surface area contributed by atoms with Gasteiger partial charge in [0.2, 0.25) is 0 Å². The third-order valence-electron chi connectivity index (χ3n) is 3.65. The van der Waals surface area contributed by atoms with Crippen LogP contribution in [0.1, 0.15) is 32.1 Å². The van der Waals surface area contributed by atoms with Gasteiger partial charge < -0.3 is 14.9 Å². The van der Waals surface area contributed by atoms with Crippen LogP contribution in [0.25, 0.3) is 0 Å². The van der Waals surface area contributed by atoms with Crippen LogP contribution in [0.2, 0.25) is 0 Å². The van der Waals surface area contributed by atoms with Crippen LogP contribution in [0.4, 0.5) is 4.79 Å². The zero-order chi connectivity index (χ0) is 12.4. The number of hydrogen-bond acceptors (Lipinski definition) is 2. The monoisotopic (exact) mass is 240 g/mol. The topological polar surface area (TPSA) is 60.9 Å². The molecule has 1 aliphatic heterocycles. The number of piperidine rings is 1. The molecule has 1 saturated heterocycles. The molecule has 0 aromatic carbocycles. The van der Waals surface area contributed by atoms with Crippen LogP contribution in [-0.2, 0) is 4.79 Å². The second-order valence-electron chi connectivity index (χ2n) is 5.18. The Bertz CT molecular complexity index is 315. The normalized spacial score (nSPS) is 24.5. The summed E-state index contributed by atoms with van der Waals surface area (Å²) in [5, 5.41) is 8.78. The number of urea groups is 1. The maximum Gasteiger partial charge on any atom is 0.319 e. The molecule has 1 aliphatic carbocycles. The Morgan fingerprint density at radius 2 is 2.06 bits per heavy atom. The zero-order valence-electron chi connectivity index (χ0n) is 10.3. The summed E-state index contributed by atoms with van der Waals surface area (Å²) >= 11 is 0. The van der Waals surface area contributed by atoms with Crippen molar-refractivity contribution in [3.05, 3.63) is 0 Å². The van der Waals surface area contributed by atoms with Crippen molar-refractivity contribution in [3.8, 4) is 0 Å². The fourth-order valence-corrected chi connectivity index (χ4v) is 2.49. The Balaban J connectivity index is 1.87. The van der Waals surface area contributed by atoms with Gasteiger partial charge in [0.1, 0.15) is 0 Å². The number of hydrogen-bond donors (Lipinski definition) is 1. The average molecular weight is 240 g/mol. The summed E-state index contributed by atoms with van der Waals surface area (Å²) < 4.78 is 0. The van der Waals surface area contributed by atoms with E-state index in [4.69, 9.17) is 5.11 Å². The van der Waals surface area contributed by atoms with Crippen LogP contribution in [0.5, 0.6) is 0 Å². The largest absolute Gasteiger partial charge is 0.481 e. The first kappa shape index (κ1) is 12.2. The first-order valence-electron chi connectivity index (χ1n) is 6.31. The van der Waals surface area contributed by atoms with E-state index >= 15 is 0 Å². The molecule has 17 heavy (non-hydrogen) atoms. The Kier molecular flexibility index (Phi) is 3.54. The van der Waals surface area contributed by atoms with Gasteiger partial charge in [-0.15, -0.1) is 0 Å². The van der Waals surface area contributed by atoms with Crippen LogP contribution in [-0.4, -0.2) is 53.1 Å². The van der Waals surface area contributed by atoms with E-state index in [0.717, 1.165) is 32.2 Å². The highest BCUT2D eigenvalue weighted by atomic mass is 16.4. The van der Waals surface area contributed by atoms with E-state index in [0.29, 0.717) is 12.6 Å². The number of carbonyl (C=O) groups excluding carboxylic acids is 1. The molecule has 0 aromatic rings. The molecular formula is C12H20N2O3. The minimum Gasteiger partial charge on any atom is -0.481 e. The second-order valence-corrected chi connectivity index (χ2v) is 5.18. The Labute approximate surface area is 101 Å². The van der Waals surface area contributed by atoms with Gasteiger partial charge in [-0.3, -0.25) is 4.79 Å². The summed E-state index contributed by atoms with van der Waals surface area (Å²) in [4.78, 5) is 26.4. The summed E-state index contributed by atoms with van der Waals surface area (Å²) in [5.41, 5.74) is 0. The van der Waals surface area contributed by atoms with Crippen molar-refractivity contribution in [2.24, 2.45) is 5.92 Å². The molecule has 1 N–H and O–H groups in total. The van der Waals surface area contributed by atoms with Crippen molar-refractivity contribution in [3.63, 3.8) is 0 Å². The molecule has 1 unspecified atom stereocenters. The molecule has 2 fully saturated rings. The zero-order valence-corrected chi connectivity index (χ0v) is 10.3. The summed E-state index contributed by atoms with van der Waals surface area (Å²) in [6.45, 7) is 1.37. The highest BCUT2D eigenvalue weighted by molar-refractivity contribution is 5.75. The number of amides is 2. The van der Waals surface area contributed by atoms with Crippen molar-refractivity contribution in [2.75, 3.05) is 20.1 Å². The minimum absolute atomic E-state index is 0.0718. The molecule has 0 radical (unpaired) electrons. The molecule has 2 aliphatic rings. The molecule has 5 nitrogen and oxygen atoms in total. The number of likely N-dealkylation sites (tertiary alicyclic amines) is 1. The van der Waals surface area contributed by atoms with Gasteiger partial charge in [-0.2, -0.15) is 0 Å². The van der Waals surface area contributed by atoms with E-state index in [1.165, 1.54) is 0 Å². The van der Waals surface area contributed by atoms with Crippen molar-refractivity contribution in [2.45, 2.75) is 38.1 Å². The maximum absolute atomic E-state index is 12.1. The fourth-order valence-electron chi connectivity index (χ4n) is 2.49. The third kappa shape index (κ3) is 3.11. The second kappa shape index (κ2) is 4.94. The molecular weight excluding hydrogens is 220 g/mol. The average Bonchev–Trinajstić information content (AvgIpc) is 3.10. The van der Waals surface area contributed by atoms with Gasteiger partial charge in [0.15, 0.2) is 0 Å². The SMILES string of the molecule is CN(C(=O)N1CCCC(CC(=O)O)C1)C1CC1. The molecule has 2 amide bonds. The van der Waals surface area contributed by atoms with Crippen LogP contribution in [0, 0.1) is 5.92 Å². The third-order valence-corrected chi connectivity index (χ3v) is 3.65. The predicted molar refractivity (Wildman–Crippen MR) is 62.7 cm³/mol. The quantitative estimate of drug-likeness (QED) is 0.810. The van der Waals surface area contributed by atoms with Crippen molar-refractivity contribution in [1.82, 2.24) is 9.80 Å². The molecule has 2 rings (SSSR count). The number of carbonyl (C=O) groups is 2. The van der Waals surface area contributed by atoms with Gasteiger partial charge in [-0.1, -0.05) is 0 Å². The number of carboxylic acids is 1. The van der Waals surface area contributed by atoms with Crippen LogP contribution in [0.3, 0.4) is 0 Å². The van der Waals surface area contributed by atoms with Gasteiger partial charge >= 0.3 is 12.0 Å². The summed E-state index contributed by atoms with van der Waals surface area (Å²) in [6, 6.07) is 0.491. The minimum atomic E-state index is -0.764. The molecule has 1 heterocycles. The summed E-state index contributed by atoms with van der Waals surface area (Å²) in [5.74, 6) is -0.641. The Morgan fingerprint density at radius 1 is 1.35 bits per heavy atom. The molecule has 0 spiro atoms. The molecule has 5 heteroatoms. The van der Waals surface area contributed by atoms with Gasteiger partial charge in [0, 0.05) is 32.6 Å². The predicted octanol–water partition coefficient (Wildman–Crippen LogP) is 1.39. The van der Waals surface area contributed by atoms with Crippen molar-refractivity contribution >= 4 is 12.0 Å². The van der Waals surface area contributed by atoms with E-state index in [1.54, 1.807) is 0 Å². The van der Waals surface area contributed by atoms with Crippen LogP contribution < -0.4 is 0 Å². The smallest absolute Gasteiger partial charge is 0.319 e. The molecule has 1 atom stereocenters. The van der Waals surface area contributed by atoms with E-state index in [1.807, 2.05) is 16.8 Å². The van der Waals surface area contributed by atoms with E-state index in [2.05, 4.69) is 0 Å². The number of rotatable bonds is 3. The lowest BCUT2D eigenvalue weighted by Crippen LogP contribution is -2.47. The first-order chi connectivity index (χ1) is 8.08. The van der Waals surface area contributed by atoms with E-state index in [9.17, 15) is 9.59 Å². The molecule has 1 saturated carbocycles. The van der Waals surface area contributed by atoms with E-state index in [-0.39, 0.29) is 18.4 Å². The van der Waals surface area contributed by atoms with Gasteiger partial charge in [-0.05, 0) is 31.6 Å². The van der Waals surface area contributed by atoms with Gasteiger partial charge in [0.05, 0.1) is 0 Å². The molecule has 0 bridgehead atoms. The lowest BCUT2D eigenvalue weighted by Gasteiger charge is -2.34. The summed E-state index contributed by atoms with van der Waals surface area (Å²) in [7, 11) is 1.85. The number of aliphatic carboxylic acids is 1.